The molecule has 170 valence electrons. The lowest BCUT2D eigenvalue weighted by Crippen LogP contribution is -2.30. The number of aromatic nitrogens is 2. The maximum absolute atomic E-state index is 13.6. The van der Waals surface area contributed by atoms with E-state index < -0.39 is 33.3 Å². The van der Waals surface area contributed by atoms with E-state index in [9.17, 15) is 26.7 Å². The first kappa shape index (κ1) is 23.4. The summed E-state index contributed by atoms with van der Waals surface area (Å²) in [5.41, 5.74) is -0.804. The number of hydrogen-bond donors (Lipinski definition) is 3. The first-order valence-electron chi connectivity index (χ1n) is 9.80. The molecule has 3 N–H and O–H groups in total. The number of sulfonamides is 1. The fourth-order valence-electron chi connectivity index (χ4n) is 3.68. The number of nitrogens with one attached hydrogen (secondary N) is 2. The first-order chi connectivity index (χ1) is 14.3. The van der Waals surface area contributed by atoms with E-state index in [0.717, 1.165) is 6.20 Å². The Hall–Kier alpha value is -2.24. The van der Waals surface area contributed by atoms with Gasteiger partial charge in [-0.1, -0.05) is 0 Å². The van der Waals surface area contributed by atoms with Crippen molar-refractivity contribution < 1.29 is 26.7 Å². The number of anilines is 2. The van der Waals surface area contributed by atoms with Crippen molar-refractivity contribution in [3.05, 3.63) is 41.2 Å². The third kappa shape index (κ3) is 5.34. The minimum Gasteiger partial charge on any atom is -0.390 e. The molecule has 0 bridgehead atoms. The van der Waals surface area contributed by atoms with Gasteiger partial charge in [0.2, 0.25) is 16.0 Å². The van der Waals surface area contributed by atoms with Crippen LogP contribution in [0.1, 0.15) is 55.3 Å². The SMILES string of the molecule is CNS(=O)(=O)c1ccc(Nc2ncc(C(F)(F)F)c([C@H]3CC[C@@](C)(O)CC3)n2)c(C)c1. The number of aliphatic hydroxyl groups is 1. The zero-order valence-corrected chi connectivity index (χ0v) is 18.2. The average Bonchev–Trinajstić information content (AvgIpc) is 2.68. The van der Waals surface area contributed by atoms with Crippen LogP contribution in [0.4, 0.5) is 24.8 Å². The number of nitrogens with zero attached hydrogens (tertiary/aromatic N) is 2. The molecule has 0 unspecified atom stereocenters. The quantitative estimate of drug-likeness (QED) is 0.629. The summed E-state index contributed by atoms with van der Waals surface area (Å²) in [6, 6.07) is 4.34. The fraction of sp³-hybridized carbons (Fsp3) is 0.500. The normalized spacial score (nSPS) is 22.4. The molecule has 0 atom stereocenters. The van der Waals surface area contributed by atoms with E-state index in [0.29, 0.717) is 36.9 Å². The molecule has 1 aliphatic rings. The van der Waals surface area contributed by atoms with Crippen molar-refractivity contribution >= 4 is 21.7 Å². The number of benzene rings is 1. The summed E-state index contributed by atoms with van der Waals surface area (Å²) in [5, 5.41) is 13.0. The number of rotatable bonds is 5. The molecular weight excluding hydrogens is 433 g/mol. The molecule has 0 aliphatic heterocycles. The second kappa shape index (κ2) is 8.36. The van der Waals surface area contributed by atoms with E-state index in [-0.39, 0.29) is 16.5 Å². The van der Waals surface area contributed by atoms with Crippen molar-refractivity contribution in [2.45, 2.75) is 62.1 Å². The summed E-state index contributed by atoms with van der Waals surface area (Å²) in [6.07, 6.45) is -2.26. The Kier molecular flexibility index (Phi) is 6.32. The molecule has 1 fully saturated rings. The van der Waals surface area contributed by atoms with Crippen molar-refractivity contribution in [1.82, 2.24) is 14.7 Å². The summed E-state index contributed by atoms with van der Waals surface area (Å²) in [5.74, 6) is -0.447. The van der Waals surface area contributed by atoms with E-state index in [1.54, 1.807) is 13.8 Å². The molecule has 31 heavy (non-hydrogen) atoms. The smallest absolute Gasteiger partial charge is 0.390 e. The third-order valence-electron chi connectivity index (χ3n) is 5.60. The van der Waals surface area contributed by atoms with Crippen LogP contribution in [0, 0.1) is 6.92 Å². The van der Waals surface area contributed by atoms with Gasteiger partial charge in [-0.05, 0) is 70.3 Å². The molecule has 1 aromatic carbocycles. The lowest BCUT2D eigenvalue weighted by atomic mass is 9.78. The van der Waals surface area contributed by atoms with Gasteiger partial charge in [-0.25, -0.2) is 23.1 Å². The maximum atomic E-state index is 13.6. The van der Waals surface area contributed by atoms with Crippen LogP contribution < -0.4 is 10.0 Å². The van der Waals surface area contributed by atoms with Crippen molar-refractivity contribution in [2.75, 3.05) is 12.4 Å². The Morgan fingerprint density at radius 2 is 1.87 bits per heavy atom. The summed E-state index contributed by atoms with van der Waals surface area (Å²) >= 11 is 0. The van der Waals surface area contributed by atoms with Gasteiger partial charge in [-0.3, -0.25) is 0 Å². The molecule has 0 spiro atoms. The number of halogens is 3. The molecule has 1 saturated carbocycles. The van der Waals surface area contributed by atoms with Gasteiger partial charge in [0.15, 0.2) is 0 Å². The Morgan fingerprint density at radius 3 is 2.42 bits per heavy atom. The summed E-state index contributed by atoms with van der Waals surface area (Å²) < 4.78 is 66.8. The minimum atomic E-state index is -4.59. The summed E-state index contributed by atoms with van der Waals surface area (Å²) in [7, 11) is -2.31. The van der Waals surface area contributed by atoms with Gasteiger partial charge >= 0.3 is 6.18 Å². The van der Waals surface area contributed by atoms with Crippen LogP contribution in [-0.4, -0.2) is 36.1 Å². The molecule has 1 aliphatic carbocycles. The number of alkyl halides is 3. The number of hydrogen-bond acceptors (Lipinski definition) is 6. The molecule has 11 heteroatoms. The van der Waals surface area contributed by atoms with Crippen LogP contribution in [0.25, 0.3) is 0 Å². The van der Waals surface area contributed by atoms with Gasteiger partial charge in [0.05, 0.1) is 21.8 Å². The van der Waals surface area contributed by atoms with Crippen molar-refractivity contribution in [3.63, 3.8) is 0 Å². The predicted molar refractivity (Wildman–Crippen MR) is 110 cm³/mol. The van der Waals surface area contributed by atoms with Gasteiger partial charge in [-0.2, -0.15) is 13.2 Å². The highest BCUT2D eigenvalue weighted by Gasteiger charge is 2.39. The van der Waals surface area contributed by atoms with Gasteiger partial charge in [0.25, 0.3) is 0 Å². The highest BCUT2D eigenvalue weighted by atomic mass is 32.2. The predicted octanol–water partition coefficient (Wildman–Crippen LogP) is 3.86. The van der Waals surface area contributed by atoms with Crippen LogP contribution in [0.5, 0.6) is 0 Å². The Bertz CT molecular complexity index is 1060. The molecule has 7 nitrogen and oxygen atoms in total. The largest absolute Gasteiger partial charge is 0.419 e. The Morgan fingerprint density at radius 1 is 1.23 bits per heavy atom. The van der Waals surface area contributed by atoms with Crippen LogP contribution in [0.2, 0.25) is 0 Å². The molecule has 1 heterocycles. The highest BCUT2D eigenvalue weighted by molar-refractivity contribution is 7.89. The monoisotopic (exact) mass is 458 g/mol. The maximum Gasteiger partial charge on any atom is 0.419 e. The first-order valence-corrected chi connectivity index (χ1v) is 11.3. The van der Waals surface area contributed by atoms with Crippen LogP contribution in [0.15, 0.2) is 29.3 Å². The van der Waals surface area contributed by atoms with E-state index >= 15 is 0 Å². The fourth-order valence-corrected chi connectivity index (χ4v) is 4.49. The van der Waals surface area contributed by atoms with Gasteiger partial charge in [0, 0.05) is 17.8 Å². The lowest BCUT2D eigenvalue weighted by Gasteiger charge is -2.33. The summed E-state index contributed by atoms with van der Waals surface area (Å²) in [6.45, 7) is 3.35. The van der Waals surface area contributed by atoms with Crippen molar-refractivity contribution in [2.24, 2.45) is 0 Å². The standard InChI is InChI=1S/C20H25F3N4O3S/c1-12-10-14(31(29,30)24-3)4-5-16(12)26-18-25-11-15(20(21,22)23)17(27-18)13-6-8-19(2,28)9-7-13/h4-5,10-11,13,24,28H,6-9H2,1-3H3,(H,25,26,27)/t13-,19+. The lowest BCUT2D eigenvalue weighted by molar-refractivity contribution is -0.139. The zero-order chi connectivity index (χ0) is 23.0. The minimum absolute atomic E-state index is 0.00680. The number of aryl methyl sites for hydroxylation is 1. The molecular formula is C20H25F3N4O3S. The second-order valence-electron chi connectivity index (χ2n) is 8.07. The Labute approximate surface area is 179 Å². The van der Waals surface area contributed by atoms with Gasteiger partial charge in [0.1, 0.15) is 0 Å². The van der Waals surface area contributed by atoms with Crippen molar-refractivity contribution in [1.29, 1.82) is 0 Å². The van der Waals surface area contributed by atoms with E-state index in [2.05, 4.69) is 20.0 Å². The highest BCUT2D eigenvalue weighted by Crippen LogP contribution is 2.42. The van der Waals surface area contributed by atoms with E-state index in [1.165, 1.54) is 25.2 Å². The zero-order valence-electron chi connectivity index (χ0n) is 17.4. The van der Waals surface area contributed by atoms with Crippen LogP contribution in [-0.2, 0) is 16.2 Å². The average molecular weight is 459 g/mol. The second-order valence-corrected chi connectivity index (χ2v) is 9.96. The molecule has 1 aromatic heterocycles. The molecule has 0 amide bonds. The topological polar surface area (TPSA) is 104 Å². The molecule has 3 rings (SSSR count). The molecule has 2 aromatic rings. The molecule has 0 saturated heterocycles. The molecule has 0 radical (unpaired) electrons. The van der Waals surface area contributed by atoms with Gasteiger partial charge < -0.3 is 10.4 Å². The van der Waals surface area contributed by atoms with E-state index in [4.69, 9.17) is 0 Å². The van der Waals surface area contributed by atoms with Crippen molar-refractivity contribution in [3.8, 4) is 0 Å². The van der Waals surface area contributed by atoms with Crippen LogP contribution in [0.3, 0.4) is 0 Å². The van der Waals surface area contributed by atoms with Crippen LogP contribution >= 0.6 is 0 Å². The van der Waals surface area contributed by atoms with Gasteiger partial charge in [-0.15, -0.1) is 0 Å². The Balaban J connectivity index is 1.93. The third-order valence-corrected chi connectivity index (χ3v) is 7.01. The summed E-state index contributed by atoms with van der Waals surface area (Å²) in [4.78, 5) is 8.08. The van der Waals surface area contributed by atoms with E-state index in [1.807, 2.05) is 0 Å².